The number of aryl methyl sites for hydroxylation is 1. The summed E-state index contributed by atoms with van der Waals surface area (Å²) in [6.45, 7) is 1.85. The molecule has 116 valence electrons. The predicted molar refractivity (Wildman–Crippen MR) is 90.8 cm³/mol. The van der Waals surface area contributed by atoms with Gasteiger partial charge in [-0.2, -0.15) is 0 Å². The largest absolute Gasteiger partial charge is 0.496 e. The zero-order chi connectivity index (χ0) is 16.2. The van der Waals surface area contributed by atoms with Gasteiger partial charge in [0.05, 0.1) is 12.5 Å². The first-order valence-corrected chi connectivity index (χ1v) is 8.43. The molecule has 0 aliphatic rings. The average Bonchev–Trinajstić information content (AvgIpc) is 2.45. The molecule has 0 spiro atoms. The maximum Gasteiger partial charge on any atom is 0.255 e. The molecule has 0 aliphatic carbocycles. The highest BCUT2D eigenvalue weighted by Gasteiger charge is 2.07. The van der Waals surface area contributed by atoms with Crippen LogP contribution in [0, 0.1) is 6.92 Å². The van der Waals surface area contributed by atoms with E-state index < -0.39 is 10.0 Å². The Balaban J connectivity index is 2.16. The smallest absolute Gasteiger partial charge is 0.255 e. The molecule has 2 aromatic rings. The highest BCUT2D eigenvalue weighted by Crippen LogP contribution is 2.22. The third-order valence-corrected chi connectivity index (χ3v) is 4.19. The van der Waals surface area contributed by atoms with E-state index in [0.29, 0.717) is 22.0 Å². The van der Waals surface area contributed by atoms with Crippen molar-refractivity contribution in [3.8, 4) is 5.75 Å². The second-order valence-corrected chi connectivity index (χ2v) is 6.69. The van der Waals surface area contributed by atoms with Crippen molar-refractivity contribution in [1.82, 2.24) is 0 Å². The fourth-order valence-corrected chi connectivity index (χ4v) is 2.98. The molecular formula is C16H16ClNO3S. The lowest BCUT2D eigenvalue weighted by Gasteiger charge is -2.08. The summed E-state index contributed by atoms with van der Waals surface area (Å²) in [7, 11) is -2.03. The number of halogens is 1. The third kappa shape index (κ3) is 4.51. The quantitative estimate of drug-likeness (QED) is 0.894. The maximum atomic E-state index is 12.1. The molecule has 2 rings (SSSR count). The summed E-state index contributed by atoms with van der Waals surface area (Å²) in [5.74, 6) is 0.706. The number of benzene rings is 2. The Labute approximate surface area is 135 Å². The van der Waals surface area contributed by atoms with Crippen LogP contribution < -0.4 is 9.46 Å². The lowest BCUT2D eigenvalue weighted by Crippen LogP contribution is -2.09. The summed E-state index contributed by atoms with van der Waals surface area (Å²) in [6, 6.07) is 12.0. The van der Waals surface area contributed by atoms with Crippen LogP contribution in [0.15, 0.2) is 47.9 Å². The van der Waals surface area contributed by atoms with Crippen LogP contribution in [-0.4, -0.2) is 15.5 Å². The van der Waals surface area contributed by atoms with Gasteiger partial charge >= 0.3 is 0 Å². The van der Waals surface area contributed by atoms with Crippen molar-refractivity contribution in [2.75, 3.05) is 11.8 Å². The summed E-state index contributed by atoms with van der Waals surface area (Å²) < 4.78 is 31.8. The molecule has 2 aromatic carbocycles. The van der Waals surface area contributed by atoms with Crippen molar-refractivity contribution in [3.63, 3.8) is 0 Å². The monoisotopic (exact) mass is 337 g/mol. The van der Waals surface area contributed by atoms with E-state index in [0.717, 1.165) is 11.0 Å². The first-order valence-electron chi connectivity index (χ1n) is 6.51. The van der Waals surface area contributed by atoms with Crippen molar-refractivity contribution in [2.24, 2.45) is 0 Å². The molecule has 0 heterocycles. The number of rotatable bonds is 5. The van der Waals surface area contributed by atoms with E-state index in [2.05, 4.69) is 4.72 Å². The van der Waals surface area contributed by atoms with E-state index in [1.807, 2.05) is 6.92 Å². The predicted octanol–water partition coefficient (Wildman–Crippen LogP) is 4.07. The number of methoxy groups -OCH3 is 1. The number of hydrogen-bond donors (Lipinski definition) is 1. The topological polar surface area (TPSA) is 55.4 Å². The molecule has 0 radical (unpaired) electrons. The molecule has 0 amide bonds. The normalized spacial score (nSPS) is 11.6. The summed E-state index contributed by atoms with van der Waals surface area (Å²) >= 11 is 5.86. The first-order chi connectivity index (χ1) is 10.4. The molecule has 0 atom stereocenters. The number of sulfonamides is 1. The van der Waals surface area contributed by atoms with Gasteiger partial charge in [0.25, 0.3) is 10.0 Å². The summed E-state index contributed by atoms with van der Waals surface area (Å²) in [4.78, 5) is 0. The minimum Gasteiger partial charge on any atom is -0.496 e. The van der Waals surface area contributed by atoms with Crippen LogP contribution in [0.4, 0.5) is 5.69 Å². The molecule has 0 unspecified atom stereocenters. The number of hydrogen-bond acceptors (Lipinski definition) is 3. The second kappa shape index (κ2) is 6.85. The van der Waals surface area contributed by atoms with Crippen LogP contribution in [0.3, 0.4) is 0 Å². The Morgan fingerprint density at radius 1 is 1.18 bits per heavy atom. The number of ether oxygens (including phenoxy) is 1. The molecule has 4 nitrogen and oxygen atoms in total. The van der Waals surface area contributed by atoms with Crippen molar-refractivity contribution in [1.29, 1.82) is 0 Å². The highest BCUT2D eigenvalue weighted by atomic mass is 35.5. The van der Waals surface area contributed by atoms with Gasteiger partial charge in [-0.1, -0.05) is 23.7 Å². The fraction of sp³-hybridized carbons (Fsp3) is 0.125. The molecule has 0 bridgehead atoms. The zero-order valence-electron chi connectivity index (χ0n) is 12.2. The third-order valence-electron chi connectivity index (χ3n) is 2.94. The van der Waals surface area contributed by atoms with E-state index in [-0.39, 0.29) is 0 Å². The van der Waals surface area contributed by atoms with Gasteiger partial charge in [0.15, 0.2) is 0 Å². The van der Waals surface area contributed by atoms with Gasteiger partial charge in [-0.15, -0.1) is 0 Å². The first kappa shape index (κ1) is 16.4. The number of nitrogens with one attached hydrogen (secondary N) is 1. The Kier molecular flexibility index (Phi) is 5.11. The summed E-state index contributed by atoms with van der Waals surface area (Å²) in [6.07, 6.45) is 1.49. The van der Waals surface area contributed by atoms with Crippen molar-refractivity contribution in [2.45, 2.75) is 6.92 Å². The minimum atomic E-state index is -3.60. The average molecular weight is 338 g/mol. The van der Waals surface area contributed by atoms with E-state index in [9.17, 15) is 8.42 Å². The summed E-state index contributed by atoms with van der Waals surface area (Å²) in [5, 5.41) is 1.66. The molecule has 0 aliphatic heterocycles. The zero-order valence-corrected chi connectivity index (χ0v) is 13.8. The Hall–Kier alpha value is -1.98. The molecule has 0 aromatic heterocycles. The standard InChI is InChI=1S/C16H16ClNO3S/c1-12-10-15(6-7-16(12)21-2)18-22(19,20)9-8-13-4-3-5-14(17)11-13/h3-11,18H,1-2H3/b9-8+. The maximum absolute atomic E-state index is 12.1. The second-order valence-electron chi connectivity index (χ2n) is 4.69. The molecular weight excluding hydrogens is 322 g/mol. The number of anilines is 1. The lowest BCUT2D eigenvalue weighted by atomic mass is 10.2. The van der Waals surface area contributed by atoms with E-state index in [1.165, 1.54) is 6.08 Å². The van der Waals surface area contributed by atoms with E-state index in [4.69, 9.17) is 16.3 Å². The molecule has 0 fully saturated rings. The van der Waals surface area contributed by atoms with Gasteiger partial charge in [0.2, 0.25) is 0 Å². The van der Waals surface area contributed by atoms with Crippen molar-refractivity contribution >= 4 is 33.4 Å². The SMILES string of the molecule is COc1ccc(NS(=O)(=O)/C=C/c2cccc(Cl)c2)cc1C. The molecule has 0 saturated carbocycles. The lowest BCUT2D eigenvalue weighted by molar-refractivity contribution is 0.412. The van der Waals surface area contributed by atoms with E-state index in [1.54, 1.807) is 49.6 Å². The van der Waals surface area contributed by atoms with Crippen LogP contribution in [0.25, 0.3) is 6.08 Å². The van der Waals surface area contributed by atoms with Crippen molar-refractivity contribution in [3.05, 3.63) is 64.0 Å². The molecule has 6 heteroatoms. The van der Waals surface area contributed by atoms with Crippen LogP contribution in [-0.2, 0) is 10.0 Å². The van der Waals surface area contributed by atoms with Crippen LogP contribution in [0.1, 0.15) is 11.1 Å². The fourth-order valence-electron chi connectivity index (χ4n) is 1.92. The molecule has 22 heavy (non-hydrogen) atoms. The molecule has 1 N–H and O–H groups in total. The van der Waals surface area contributed by atoms with Gasteiger partial charge in [0.1, 0.15) is 5.75 Å². The van der Waals surface area contributed by atoms with Crippen molar-refractivity contribution < 1.29 is 13.2 Å². The van der Waals surface area contributed by atoms with Gasteiger partial charge in [-0.25, -0.2) is 8.42 Å². The Morgan fingerprint density at radius 3 is 2.59 bits per heavy atom. The van der Waals surface area contributed by atoms with Crippen LogP contribution in [0.2, 0.25) is 5.02 Å². The Morgan fingerprint density at radius 2 is 1.95 bits per heavy atom. The van der Waals surface area contributed by atoms with Gasteiger partial charge in [0, 0.05) is 10.7 Å². The van der Waals surface area contributed by atoms with Crippen LogP contribution >= 0.6 is 11.6 Å². The van der Waals surface area contributed by atoms with Crippen LogP contribution in [0.5, 0.6) is 5.75 Å². The van der Waals surface area contributed by atoms with Gasteiger partial charge in [-0.3, -0.25) is 4.72 Å². The Bertz CT molecular complexity index is 801. The minimum absolute atomic E-state index is 0.481. The van der Waals surface area contributed by atoms with Gasteiger partial charge in [-0.05, 0) is 54.5 Å². The highest BCUT2D eigenvalue weighted by molar-refractivity contribution is 7.95. The summed E-state index contributed by atoms with van der Waals surface area (Å²) in [5.41, 5.74) is 2.04. The van der Waals surface area contributed by atoms with E-state index >= 15 is 0 Å². The van der Waals surface area contributed by atoms with Gasteiger partial charge < -0.3 is 4.74 Å². The molecule has 0 saturated heterocycles.